The van der Waals surface area contributed by atoms with Gasteiger partial charge in [-0.25, -0.2) is 4.98 Å². The molecule has 2 unspecified atom stereocenters. The molecule has 0 aliphatic heterocycles. The predicted octanol–water partition coefficient (Wildman–Crippen LogP) is 2.37. The number of nitrogens with zero attached hydrogens (tertiary/aromatic N) is 1. The highest BCUT2D eigenvalue weighted by atomic mass is 16.4. The third kappa shape index (κ3) is 1.60. The second-order valence-corrected chi connectivity index (χ2v) is 4.86. The van der Waals surface area contributed by atoms with Gasteiger partial charge in [-0.3, -0.25) is 4.79 Å². The highest BCUT2D eigenvalue weighted by Crippen LogP contribution is 2.46. The average Bonchev–Trinajstić information content (AvgIpc) is 2.96. The molecular formula is C13H14N2O2. The van der Waals surface area contributed by atoms with Gasteiger partial charge in [-0.1, -0.05) is 0 Å². The molecule has 88 valence electrons. The van der Waals surface area contributed by atoms with E-state index in [1.165, 1.54) is 11.1 Å². The standard InChI is InChI=1S/C13H14N2O2/c1-6-3-10-11(4-7(6)2)15-12(14-10)8-5-9(8)13(16)17/h3-4,8-9H,5H2,1-2H3,(H,14,15)(H,16,17). The number of hydrogen-bond donors (Lipinski definition) is 2. The maximum absolute atomic E-state index is 10.8. The zero-order chi connectivity index (χ0) is 12.2. The number of nitrogens with one attached hydrogen (secondary N) is 1. The monoisotopic (exact) mass is 230 g/mol. The van der Waals surface area contributed by atoms with E-state index in [0.717, 1.165) is 16.9 Å². The van der Waals surface area contributed by atoms with Crippen LogP contribution in [0, 0.1) is 19.8 Å². The molecule has 1 fully saturated rings. The maximum Gasteiger partial charge on any atom is 0.307 e. The summed E-state index contributed by atoms with van der Waals surface area (Å²) in [6, 6.07) is 4.11. The van der Waals surface area contributed by atoms with Crippen molar-refractivity contribution < 1.29 is 9.90 Å². The SMILES string of the molecule is Cc1cc2nc(C3CC3C(=O)O)[nH]c2cc1C. The van der Waals surface area contributed by atoms with Crippen LogP contribution >= 0.6 is 0 Å². The first-order valence-electron chi connectivity index (χ1n) is 5.76. The first kappa shape index (κ1) is 10.3. The molecule has 0 spiro atoms. The number of aryl methyl sites for hydroxylation is 2. The number of rotatable bonds is 2. The van der Waals surface area contributed by atoms with Crippen molar-refractivity contribution in [2.24, 2.45) is 5.92 Å². The summed E-state index contributed by atoms with van der Waals surface area (Å²) >= 11 is 0. The van der Waals surface area contributed by atoms with E-state index in [9.17, 15) is 4.79 Å². The molecule has 0 saturated heterocycles. The highest BCUT2D eigenvalue weighted by Gasteiger charge is 2.46. The maximum atomic E-state index is 10.8. The van der Waals surface area contributed by atoms with Gasteiger partial charge in [-0.2, -0.15) is 0 Å². The normalized spacial score (nSPS) is 22.9. The van der Waals surface area contributed by atoms with Gasteiger partial charge < -0.3 is 10.1 Å². The van der Waals surface area contributed by atoms with Gasteiger partial charge in [0.05, 0.1) is 17.0 Å². The van der Waals surface area contributed by atoms with E-state index in [2.05, 4.69) is 29.9 Å². The summed E-state index contributed by atoms with van der Waals surface area (Å²) in [5.74, 6) is -0.0847. The molecule has 0 radical (unpaired) electrons. The Labute approximate surface area is 98.7 Å². The molecule has 2 atom stereocenters. The van der Waals surface area contributed by atoms with Gasteiger partial charge in [-0.15, -0.1) is 0 Å². The zero-order valence-corrected chi connectivity index (χ0v) is 9.82. The molecule has 1 heterocycles. The number of imidazole rings is 1. The lowest BCUT2D eigenvalue weighted by molar-refractivity contribution is -0.138. The summed E-state index contributed by atoms with van der Waals surface area (Å²) in [6.45, 7) is 4.12. The molecule has 1 aliphatic carbocycles. The van der Waals surface area contributed by atoms with Crippen LogP contribution in [0.5, 0.6) is 0 Å². The molecule has 0 amide bonds. The lowest BCUT2D eigenvalue weighted by Crippen LogP contribution is -1.99. The summed E-state index contributed by atoms with van der Waals surface area (Å²) in [5, 5.41) is 8.91. The minimum absolute atomic E-state index is 0.0699. The summed E-state index contributed by atoms with van der Waals surface area (Å²) in [5.41, 5.74) is 4.36. The van der Waals surface area contributed by atoms with Crippen LogP contribution in [0.2, 0.25) is 0 Å². The molecule has 3 rings (SSSR count). The van der Waals surface area contributed by atoms with Crippen molar-refractivity contribution in [3.63, 3.8) is 0 Å². The molecule has 1 saturated carbocycles. The topological polar surface area (TPSA) is 66.0 Å². The van der Waals surface area contributed by atoms with Gasteiger partial charge in [0.15, 0.2) is 0 Å². The van der Waals surface area contributed by atoms with Crippen LogP contribution in [0.3, 0.4) is 0 Å². The molecule has 17 heavy (non-hydrogen) atoms. The number of carboxylic acids is 1. The number of fused-ring (bicyclic) bond motifs is 1. The summed E-state index contributed by atoms with van der Waals surface area (Å²) in [7, 11) is 0. The fourth-order valence-corrected chi connectivity index (χ4v) is 2.23. The van der Waals surface area contributed by atoms with E-state index < -0.39 is 5.97 Å². The first-order valence-corrected chi connectivity index (χ1v) is 5.76. The van der Waals surface area contributed by atoms with Gasteiger partial charge in [0.25, 0.3) is 0 Å². The van der Waals surface area contributed by atoms with Crippen molar-refractivity contribution in [3.8, 4) is 0 Å². The van der Waals surface area contributed by atoms with E-state index in [4.69, 9.17) is 5.11 Å². The molecule has 0 bridgehead atoms. The van der Waals surface area contributed by atoms with E-state index in [1.807, 2.05) is 6.07 Å². The number of hydrogen-bond acceptors (Lipinski definition) is 2. The number of aliphatic carboxylic acids is 1. The second kappa shape index (κ2) is 3.32. The highest BCUT2D eigenvalue weighted by molar-refractivity contribution is 5.79. The average molecular weight is 230 g/mol. The van der Waals surface area contributed by atoms with Crippen LogP contribution < -0.4 is 0 Å². The van der Waals surface area contributed by atoms with E-state index in [1.54, 1.807) is 0 Å². The van der Waals surface area contributed by atoms with Crippen molar-refractivity contribution in [3.05, 3.63) is 29.1 Å². The predicted molar refractivity (Wildman–Crippen MR) is 64.1 cm³/mol. The Morgan fingerprint density at radius 1 is 1.41 bits per heavy atom. The molecule has 4 heteroatoms. The Morgan fingerprint density at radius 2 is 2.12 bits per heavy atom. The second-order valence-electron chi connectivity index (χ2n) is 4.86. The minimum atomic E-state index is -0.720. The Bertz CT molecular complexity index is 576. The van der Waals surface area contributed by atoms with Crippen LogP contribution in [0.25, 0.3) is 11.0 Å². The lowest BCUT2D eigenvalue weighted by Gasteiger charge is -1.97. The minimum Gasteiger partial charge on any atom is -0.481 e. The van der Waals surface area contributed by atoms with E-state index in [-0.39, 0.29) is 11.8 Å². The smallest absolute Gasteiger partial charge is 0.307 e. The fraction of sp³-hybridized carbons (Fsp3) is 0.385. The van der Waals surface area contributed by atoms with Gasteiger partial charge in [0, 0.05) is 5.92 Å². The molecule has 2 aromatic rings. The largest absolute Gasteiger partial charge is 0.481 e. The molecule has 1 aliphatic rings. The number of H-pyrrole nitrogens is 1. The Balaban J connectivity index is 2.01. The Hall–Kier alpha value is -1.84. The first-order chi connectivity index (χ1) is 8.06. The van der Waals surface area contributed by atoms with Crippen molar-refractivity contribution in [2.45, 2.75) is 26.2 Å². The van der Waals surface area contributed by atoms with E-state index >= 15 is 0 Å². The zero-order valence-electron chi connectivity index (χ0n) is 9.82. The molecule has 1 aromatic heterocycles. The third-order valence-corrected chi connectivity index (χ3v) is 3.57. The van der Waals surface area contributed by atoms with Crippen LogP contribution in [0.4, 0.5) is 0 Å². The Kier molecular flexibility index (Phi) is 2.02. The number of benzene rings is 1. The quantitative estimate of drug-likeness (QED) is 0.832. The van der Waals surface area contributed by atoms with Crippen LogP contribution in [-0.2, 0) is 4.79 Å². The van der Waals surface area contributed by atoms with Crippen molar-refractivity contribution >= 4 is 17.0 Å². The summed E-state index contributed by atoms with van der Waals surface area (Å²) < 4.78 is 0. The van der Waals surface area contributed by atoms with E-state index in [0.29, 0.717) is 6.42 Å². The van der Waals surface area contributed by atoms with Crippen molar-refractivity contribution in [1.82, 2.24) is 9.97 Å². The number of carboxylic acid groups (broad SMARTS) is 1. The van der Waals surface area contributed by atoms with Crippen LogP contribution in [-0.4, -0.2) is 21.0 Å². The molecular weight excluding hydrogens is 216 g/mol. The van der Waals surface area contributed by atoms with Crippen LogP contribution in [0.1, 0.15) is 29.3 Å². The van der Waals surface area contributed by atoms with Crippen molar-refractivity contribution in [2.75, 3.05) is 0 Å². The fourth-order valence-electron chi connectivity index (χ4n) is 2.23. The van der Waals surface area contributed by atoms with Gasteiger partial charge in [0.1, 0.15) is 5.82 Å². The lowest BCUT2D eigenvalue weighted by atomic mass is 10.1. The van der Waals surface area contributed by atoms with Crippen molar-refractivity contribution in [1.29, 1.82) is 0 Å². The summed E-state index contributed by atoms with van der Waals surface area (Å²) in [6.07, 6.45) is 0.702. The third-order valence-electron chi connectivity index (χ3n) is 3.57. The number of carbonyl (C=O) groups is 1. The Morgan fingerprint density at radius 3 is 2.76 bits per heavy atom. The molecule has 4 nitrogen and oxygen atoms in total. The van der Waals surface area contributed by atoms with Gasteiger partial charge >= 0.3 is 5.97 Å². The summed E-state index contributed by atoms with van der Waals surface area (Å²) in [4.78, 5) is 18.6. The van der Waals surface area contributed by atoms with Gasteiger partial charge in [0.2, 0.25) is 0 Å². The molecule has 2 N–H and O–H groups in total. The van der Waals surface area contributed by atoms with Gasteiger partial charge in [-0.05, 0) is 43.5 Å². The van der Waals surface area contributed by atoms with Crippen LogP contribution in [0.15, 0.2) is 12.1 Å². The number of aromatic nitrogens is 2. The molecule has 1 aromatic carbocycles. The number of aromatic amines is 1.